The van der Waals surface area contributed by atoms with E-state index < -0.39 is 0 Å². The summed E-state index contributed by atoms with van der Waals surface area (Å²) in [5, 5.41) is 9.94. The van der Waals surface area contributed by atoms with Crippen molar-refractivity contribution in [2.24, 2.45) is 0 Å². The van der Waals surface area contributed by atoms with Crippen molar-refractivity contribution in [2.75, 3.05) is 7.11 Å². The molecule has 0 radical (unpaired) electrons. The first-order chi connectivity index (χ1) is 16.7. The molecular formula is C29H26O5. The fourth-order valence-corrected chi connectivity index (χ4v) is 3.55. The summed E-state index contributed by atoms with van der Waals surface area (Å²) in [4.78, 5) is 13.2. The van der Waals surface area contributed by atoms with Gasteiger partial charge in [0, 0.05) is 11.1 Å². The number of methoxy groups -OCH3 is 1. The van der Waals surface area contributed by atoms with E-state index in [4.69, 9.17) is 14.2 Å². The highest BCUT2D eigenvalue weighted by molar-refractivity contribution is 6.10. The van der Waals surface area contributed by atoms with Crippen LogP contribution in [-0.4, -0.2) is 18.0 Å². The fraction of sp³-hybridized carbons (Fsp3) is 0.138. The van der Waals surface area contributed by atoms with Gasteiger partial charge in [0.1, 0.15) is 19.0 Å². The van der Waals surface area contributed by atoms with Gasteiger partial charge < -0.3 is 19.3 Å². The Morgan fingerprint density at radius 2 is 1.32 bits per heavy atom. The summed E-state index contributed by atoms with van der Waals surface area (Å²) in [5.74, 6) is 1.35. The number of ketones is 1. The zero-order valence-electron chi connectivity index (χ0n) is 18.9. The molecule has 0 fully saturated rings. The maximum absolute atomic E-state index is 13.2. The molecule has 0 aliphatic carbocycles. The van der Waals surface area contributed by atoms with E-state index in [9.17, 15) is 9.90 Å². The standard InChI is InChI=1S/C29H26O5/c1-32-27-17-26(24(18-30)16-28(27)34-20-22-10-6-3-7-11-22)29(31)23-12-14-25(15-13-23)33-19-21-8-4-2-5-9-21/h2-17,30H,18-20H2,1H3. The Balaban J connectivity index is 1.50. The number of hydrogen-bond acceptors (Lipinski definition) is 5. The third-order valence-electron chi connectivity index (χ3n) is 5.41. The van der Waals surface area contributed by atoms with Gasteiger partial charge in [-0.1, -0.05) is 60.7 Å². The number of rotatable bonds is 10. The van der Waals surface area contributed by atoms with Crippen LogP contribution in [0.2, 0.25) is 0 Å². The molecule has 0 saturated heterocycles. The van der Waals surface area contributed by atoms with Crippen molar-refractivity contribution in [3.05, 3.63) is 125 Å². The highest BCUT2D eigenvalue weighted by Crippen LogP contribution is 2.33. The number of ether oxygens (including phenoxy) is 3. The molecule has 0 saturated carbocycles. The van der Waals surface area contributed by atoms with Crippen LogP contribution in [0.4, 0.5) is 0 Å². The molecule has 5 nitrogen and oxygen atoms in total. The second kappa shape index (κ2) is 11.2. The van der Waals surface area contributed by atoms with Gasteiger partial charge in [-0.05, 0) is 53.1 Å². The maximum Gasteiger partial charge on any atom is 0.193 e. The maximum atomic E-state index is 13.2. The zero-order chi connectivity index (χ0) is 23.8. The van der Waals surface area contributed by atoms with Crippen LogP contribution in [0.15, 0.2) is 97.1 Å². The molecule has 0 heterocycles. The summed E-state index contributed by atoms with van der Waals surface area (Å²) < 4.78 is 17.2. The first-order valence-electron chi connectivity index (χ1n) is 11.0. The largest absolute Gasteiger partial charge is 0.493 e. The van der Waals surface area contributed by atoms with Gasteiger partial charge in [-0.25, -0.2) is 0 Å². The number of hydrogen-bond donors (Lipinski definition) is 1. The van der Waals surface area contributed by atoms with E-state index in [1.165, 1.54) is 7.11 Å². The van der Waals surface area contributed by atoms with E-state index in [1.807, 2.05) is 60.7 Å². The number of benzene rings is 4. The Hall–Kier alpha value is -4.09. The van der Waals surface area contributed by atoms with Crippen LogP contribution in [0.25, 0.3) is 0 Å². The lowest BCUT2D eigenvalue weighted by Gasteiger charge is -2.15. The molecule has 0 aliphatic heterocycles. The Kier molecular flexibility index (Phi) is 7.58. The normalized spacial score (nSPS) is 10.5. The molecule has 0 amide bonds. The summed E-state index contributed by atoms with van der Waals surface area (Å²) in [6.45, 7) is 0.495. The van der Waals surface area contributed by atoms with Crippen molar-refractivity contribution in [2.45, 2.75) is 19.8 Å². The average molecular weight is 455 g/mol. The van der Waals surface area contributed by atoms with Crippen molar-refractivity contribution in [3.63, 3.8) is 0 Å². The smallest absolute Gasteiger partial charge is 0.193 e. The molecule has 5 heteroatoms. The van der Waals surface area contributed by atoms with Crippen molar-refractivity contribution in [3.8, 4) is 17.2 Å². The summed E-state index contributed by atoms with van der Waals surface area (Å²) >= 11 is 0. The number of aliphatic hydroxyl groups excluding tert-OH is 1. The summed E-state index contributed by atoms with van der Waals surface area (Å²) in [5.41, 5.74) is 3.39. The van der Waals surface area contributed by atoms with E-state index in [1.54, 1.807) is 36.4 Å². The molecule has 0 aromatic heterocycles. The third kappa shape index (κ3) is 5.63. The Labute approximate surface area is 199 Å². The predicted molar refractivity (Wildman–Crippen MR) is 130 cm³/mol. The molecule has 0 unspecified atom stereocenters. The summed E-state index contributed by atoms with van der Waals surface area (Å²) in [6, 6.07) is 29.9. The van der Waals surface area contributed by atoms with Gasteiger partial charge in [-0.3, -0.25) is 4.79 Å². The lowest BCUT2D eigenvalue weighted by molar-refractivity contribution is 0.103. The Morgan fingerprint density at radius 3 is 1.88 bits per heavy atom. The van der Waals surface area contributed by atoms with E-state index >= 15 is 0 Å². The minimum atomic E-state index is -0.301. The zero-order valence-corrected chi connectivity index (χ0v) is 18.9. The highest BCUT2D eigenvalue weighted by Gasteiger charge is 2.18. The minimum Gasteiger partial charge on any atom is -0.493 e. The molecule has 0 aliphatic rings. The minimum absolute atomic E-state index is 0.216. The van der Waals surface area contributed by atoms with Crippen LogP contribution >= 0.6 is 0 Å². The van der Waals surface area contributed by atoms with E-state index in [2.05, 4.69) is 0 Å². The molecule has 0 bridgehead atoms. The molecule has 0 spiro atoms. The molecule has 172 valence electrons. The van der Waals surface area contributed by atoms with Crippen LogP contribution in [0.5, 0.6) is 17.2 Å². The van der Waals surface area contributed by atoms with Gasteiger partial charge in [0.25, 0.3) is 0 Å². The SMILES string of the molecule is COc1cc(C(=O)c2ccc(OCc3ccccc3)cc2)c(CO)cc1OCc1ccccc1. The third-order valence-corrected chi connectivity index (χ3v) is 5.41. The van der Waals surface area contributed by atoms with E-state index in [0.29, 0.717) is 47.2 Å². The van der Waals surface area contributed by atoms with Gasteiger partial charge in [0.2, 0.25) is 0 Å². The van der Waals surface area contributed by atoms with Crippen LogP contribution < -0.4 is 14.2 Å². The second-order valence-corrected chi connectivity index (χ2v) is 7.72. The summed E-state index contributed by atoms with van der Waals surface area (Å²) in [6.07, 6.45) is 0. The fourth-order valence-electron chi connectivity index (χ4n) is 3.55. The number of carbonyl (C=O) groups excluding carboxylic acids is 1. The van der Waals surface area contributed by atoms with E-state index in [0.717, 1.165) is 11.1 Å². The average Bonchev–Trinajstić information content (AvgIpc) is 2.91. The van der Waals surface area contributed by atoms with Gasteiger partial charge in [-0.15, -0.1) is 0 Å². The molecule has 4 aromatic rings. The van der Waals surface area contributed by atoms with Crippen molar-refractivity contribution < 1.29 is 24.1 Å². The van der Waals surface area contributed by atoms with E-state index in [-0.39, 0.29) is 12.4 Å². The first-order valence-corrected chi connectivity index (χ1v) is 11.0. The Bertz CT molecular complexity index is 1220. The molecule has 4 aromatic carbocycles. The molecule has 0 atom stereocenters. The predicted octanol–water partition coefficient (Wildman–Crippen LogP) is 5.58. The molecule has 1 N–H and O–H groups in total. The number of carbonyl (C=O) groups is 1. The van der Waals surface area contributed by atoms with Crippen LogP contribution in [0.1, 0.15) is 32.6 Å². The van der Waals surface area contributed by atoms with Crippen molar-refractivity contribution in [1.29, 1.82) is 0 Å². The van der Waals surface area contributed by atoms with Crippen LogP contribution in [-0.2, 0) is 19.8 Å². The first kappa shape index (κ1) is 23.1. The van der Waals surface area contributed by atoms with Gasteiger partial charge in [0.15, 0.2) is 17.3 Å². The monoisotopic (exact) mass is 454 g/mol. The highest BCUT2D eigenvalue weighted by atomic mass is 16.5. The molecule has 34 heavy (non-hydrogen) atoms. The summed E-state index contributed by atoms with van der Waals surface area (Å²) in [7, 11) is 1.52. The van der Waals surface area contributed by atoms with Crippen LogP contribution in [0.3, 0.4) is 0 Å². The Morgan fingerprint density at radius 1 is 0.735 bits per heavy atom. The second-order valence-electron chi connectivity index (χ2n) is 7.72. The van der Waals surface area contributed by atoms with Gasteiger partial charge >= 0.3 is 0 Å². The molecular weight excluding hydrogens is 428 g/mol. The lowest BCUT2D eigenvalue weighted by Crippen LogP contribution is -2.08. The van der Waals surface area contributed by atoms with Crippen molar-refractivity contribution >= 4 is 5.78 Å². The number of aliphatic hydroxyl groups is 1. The van der Waals surface area contributed by atoms with Crippen molar-refractivity contribution in [1.82, 2.24) is 0 Å². The van der Waals surface area contributed by atoms with Gasteiger partial charge in [0.05, 0.1) is 13.7 Å². The quantitative estimate of drug-likeness (QED) is 0.317. The lowest BCUT2D eigenvalue weighted by atomic mass is 9.97. The topological polar surface area (TPSA) is 65.0 Å². The van der Waals surface area contributed by atoms with Crippen LogP contribution in [0, 0.1) is 0 Å². The van der Waals surface area contributed by atoms with Gasteiger partial charge in [-0.2, -0.15) is 0 Å². The molecule has 4 rings (SSSR count).